The number of anilines is 1. The predicted octanol–water partition coefficient (Wildman–Crippen LogP) is 4.66. The van der Waals surface area contributed by atoms with E-state index >= 15 is 0 Å². The molecule has 2 aliphatic heterocycles. The van der Waals surface area contributed by atoms with Crippen LogP contribution in [-0.2, 0) is 11.3 Å². The minimum absolute atomic E-state index is 0.151. The third-order valence-electron chi connectivity index (χ3n) is 6.50. The Morgan fingerprint density at radius 3 is 2.51 bits per heavy atom. The fourth-order valence-electron chi connectivity index (χ4n) is 4.75. The van der Waals surface area contributed by atoms with Crippen molar-refractivity contribution >= 4 is 23.6 Å². The summed E-state index contributed by atoms with van der Waals surface area (Å²) in [5.41, 5.74) is 1.82. The number of nitrogens with zero attached hydrogens (tertiary/aromatic N) is 7. The summed E-state index contributed by atoms with van der Waals surface area (Å²) in [6.07, 6.45) is 3.37. The lowest BCUT2D eigenvalue weighted by Gasteiger charge is -2.31. The third-order valence-corrected chi connectivity index (χ3v) is 6.73. The molecule has 1 amide bonds. The normalized spacial score (nSPS) is 18.3. The van der Waals surface area contributed by atoms with Crippen LogP contribution in [0, 0.1) is 5.82 Å². The lowest BCUT2D eigenvalue weighted by molar-refractivity contribution is 0.0618. The van der Waals surface area contributed by atoms with E-state index in [1.165, 1.54) is 12.4 Å². The van der Waals surface area contributed by atoms with Gasteiger partial charge in [0.25, 0.3) is 0 Å². The number of halogens is 2. The van der Waals surface area contributed by atoms with Crippen molar-refractivity contribution in [3.05, 3.63) is 58.6 Å². The number of amides is 1. The van der Waals surface area contributed by atoms with Gasteiger partial charge in [0.1, 0.15) is 5.82 Å². The Morgan fingerprint density at radius 1 is 1.14 bits per heavy atom. The molecule has 0 saturated carbocycles. The Hall–Kier alpha value is -3.27. The molecule has 1 atom stereocenters. The van der Waals surface area contributed by atoms with Crippen LogP contribution in [0.3, 0.4) is 0 Å². The molecule has 35 heavy (non-hydrogen) atoms. The van der Waals surface area contributed by atoms with Gasteiger partial charge in [-0.2, -0.15) is 0 Å². The van der Waals surface area contributed by atoms with Crippen molar-refractivity contribution in [2.75, 3.05) is 18.0 Å². The van der Waals surface area contributed by atoms with E-state index in [0.29, 0.717) is 36.4 Å². The summed E-state index contributed by atoms with van der Waals surface area (Å²) in [6.45, 7) is 7.38. The van der Waals surface area contributed by atoms with Crippen molar-refractivity contribution in [3.63, 3.8) is 0 Å². The van der Waals surface area contributed by atoms with Crippen molar-refractivity contribution in [1.82, 2.24) is 29.6 Å². The van der Waals surface area contributed by atoms with E-state index in [2.05, 4.69) is 29.6 Å². The van der Waals surface area contributed by atoms with Crippen molar-refractivity contribution in [3.8, 4) is 5.69 Å². The largest absolute Gasteiger partial charge is 0.447 e. The number of hydrogen-bond acceptors (Lipinski definition) is 7. The molecule has 0 aliphatic carbocycles. The summed E-state index contributed by atoms with van der Waals surface area (Å²) in [5, 5.41) is 9.74. The monoisotopic (exact) mass is 499 g/mol. The maximum absolute atomic E-state index is 13.2. The van der Waals surface area contributed by atoms with Gasteiger partial charge in [-0.1, -0.05) is 11.6 Å². The number of ether oxygens (including phenoxy) is 1. The maximum atomic E-state index is 13.2. The number of aromatic nitrogens is 5. The van der Waals surface area contributed by atoms with Gasteiger partial charge in [0.15, 0.2) is 11.6 Å². The summed E-state index contributed by atoms with van der Waals surface area (Å²) in [7, 11) is 0. The maximum Gasteiger partial charge on any atom is 0.410 e. The summed E-state index contributed by atoms with van der Waals surface area (Å²) in [4.78, 5) is 24.9. The molecule has 5 rings (SSSR count). The van der Waals surface area contributed by atoms with E-state index in [1.807, 2.05) is 39.0 Å². The molecule has 0 radical (unpaired) electrons. The van der Waals surface area contributed by atoms with Gasteiger partial charge >= 0.3 is 6.09 Å². The predicted molar refractivity (Wildman–Crippen MR) is 128 cm³/mol. The molecule has 0 N–H and O–H groups in total. The van der Waals surface area contributed by atoms with Crippen molar-refractivity contribution in [1.29, 1.82) is 0 Å². The molecular formula is C24H27ClFN7O2. The molecule has 1 aromatic carbocycles. The first-order chi connectivity index (χ1) is 16.8. The summed E-state index contributed by atoms with van der Waals surface area (Å²) in [5.74, 6) is 1.77. The molecule has 2 aromatic heterocycles. The van der Waals surface area contributed by atoms with Crippen LogP contribution in [0.15, 0.2) is 30.6 Å². The smallest absolute Gasteiger partial charge is 0.410 e. The minimum atomic E-state index is -0.450. The topological polar surface area (TPSA) is 89.3 Å². The van der Waals surface area contributed by atoms with Crippen molar-refractivity contribution < 1.29 is 13.9 Å². The lowest BCUT2D eigenvalue weighted by Crippen LogP contribution is -2.35. The zero-order valence-corrected chi connectivity index (χ0v) is 20.6. The van der Waals surface area contributed by atoms with Gasteiger partial charge in [0.05, 0.1) is 36.8 Å². The van der Waals surface area contributed by atoms with Crippen molar-refractivity contribution in [2.24, 2.45) is 0 Å². The molecule has 2 aliphatic rings. The van der Waals surface area contributed by atoms with Crippen LogP contribution in [0.2, 0.25) is 5.02 Å². The second-order valence-corrected chi connectivity index (χ2v) is 9.66. The van der Waals surface area contributed by atoms with Crippen LogP contribution in [-0.4, -0.2) is 54.9 Å². The van der Waals surface area contributed by atoms with E-state index < -0.39 is 11.9 Å². The average molecular weight is 500 g/mol. The highest BCUT2D eigenvalue weighted by Crippen LogP contribution is 2.37. The molecule has 0 bridgehead atoms. The van der Waals surface area contributed by atoms with E-state index in [4.69, 9.17) is 16.3 Å². The number of fused-ring (bicyclic) bond motifs is 3. The van der Waals surface area contributed by atoms with Gasteiger partial charge in [-0.3, -0.25) is 9.47 Å². The van der Waals surface area contributed by atoms with Crippen LogP contribution in [0.5, 0.6) is 0 Å². The van der Waals surface area contributed by atoms with Crippen LogP contribution in [0.25, 0.3) is 5.69 Å². The number of carbonyl (C=O) groups excluding carboxylic acids is 1. The number of hydrogen-bond donors (Lipinski definition) is 0. The molecule has 4 heterocycles. The minimum Gasteiger partial charge on any atom is -0.447 e. The van der Waals surface area contributed by atoms with E-state index in [0.717, 1.165) is 29.9 Å². The molecule has 11 heteroatoms. The fourth-order valence-corrected chi connectivity index (χ4v) is 4.94. The molecular weight excluding hydrogens is 473 g/mol. The highest BCUT2D eigenvalue weighted by Gasteiger charge is 2.36. The SMILES string of the molecule is CC(C)OC(=O)N1Cc2cc(Cl)ccc2-n2c(C3CCN(c4ncc(F)cn4)CC3)nnc2C1C. The quantitative estimate of drug-likeness (QED) is 0.518. The Bertz CT molecular complexity index is 1230. The first-order valence-electron chi connectivity index (χ1n) is 11.8. The zero-order valence-electron chi connectivity index (χ0n) is 19.9. The number of carbonyl (C=O) groups is 1. The second-order valence-electron chi connectivity index (χ2n) is 9.22. The second kappa shape index (κ2) is 9.41. The fraction of sp³-hybridized carbons (Fsp3) is 0.458. The van der Waals surface area contributed by atoms with Crippen LogP contribution in [0.1, 0.15) is 62.8 Å². The molecule has 9 nitrogen and oxygen atoms in total. The van der Waals surface area contributed by atoms with Gasteiger partial charge in [-0.15, -0.1) is 10.2 Å². The van der Waals surface area contributed by atoms with Crippen LogP contribution >= 0.6 is 11.6 Å². The van der Waals surface area contributed by atoms with Gasteiger partial charge in [-0.05, 0) is 57.4 Å². The lowest BCUT2D eigenvalue weighted by atomic mass is 9.95. The van der Waals surface area contributed by atoms with E-state index in [9.17, 15) is 9.18 Å². The van der Waals surface area contributed by atoms with E-state index in [-0.39, 0.29) is 18.1 Å². The van der Waals surface area contributed by atoms with E-state index in [1.54, 1.807) is 4.90 Å². The highest BCUT2D eigenvalue weighted by molar-refractivity contribution is 6.30. The standard InChI is InChI=1S/C24H27ClFN7O2/c1-14(2)35-24(34)32-13-17-10-18(25)4-5-20(17)33-21(15(32)3)29-30-22(33)16-6-8-31(9-7-16)23-27-11-19(26)12-28-23/h4-5,10-12,14-16H,6-9,13H2,1-3H3. The zero-order chi connectivity index (χ0) is 24.7. The average Bonchev–Trinajstić information content (AvgIpc) is 3.22. The highest BCUT2D eigenvalue weighted by atomic mass is 35.5. The summed E-state index contributed by atoms with van der Waals surface area (Å²) in [6, 6.07) is 5.34. The molecule has 184 valence electrons. The van der Waals surface area contributed by atoms with Gasteiger partial charge in [0.2, 0.25) is 5.95 Å². The van der Waals surface area contributed by atoms with Crippen LogP contribution in [0.4, 0.5) is 15.1 Å². The Morgan fingerprint density at radius 2 is 1.83 bits per heavy atom. The number of piperidine rings is 1. The first-order valence-corrected chi connectivity index (χ1v) is 12.1. The Kier molecular flexibility index (Phi) is 6.31. The van der Waals surface area contributed by atoms with Crippen LogP contribution < -0.4 is 4.90 Å². The Labute approximate surface area is 207 Å². The first kappa shape index (κ1) is 23.5. The van der Waals surface area contributed by atoms with Gasteiger partial charge in [-0.25, -0.2) is 19.2 Å². The molecule has 1 unspecified atom stereocenters. The third kappa shape index (κ3) is 4.54. The number of benzene rings is 1. The van der Waals surface area contributed by atoms with Crippen molar-refractivity contribution in [2.45, 2.75) is 58.2 Å². The molecule has 1 fully saturated rings. The summed E-state index contributed by atoms with van der Waals surface area (Å²) < 4.78 is 20.8. The Balaban J connectivity index is 1.47. The summed E-state index contributed by atoms with van der Waals surface area (Å²) >= 11 is 6.34. The molecule has 3 aromatic rings. The van der Waals surface area contributed by atoms with Gasteiger partial charge in [0, 0.05) is 24.0 Å². The number of rotatable bonds is 3. The molecule has 1 saturated heterocycles. The van der Waals surface area contributed by atoms with Gasteiger partial charge < -0.3 is 9.64 Å². The molecule has 0 spiro atoms.